The fourth-order valence-electron chi connectivity index (χ4n) is 5.63. The van der Waals surface area contributed by atoms with Gasteiger partial charge in [0.1, 0.15) is 0 Å². The highest BCUT2D eigenvalue weighted by Gasteiger charge is 2.37. The van der Waals surface area contributed by atoms with Gasteiger partial charge in [0.15, 0.2) is 0 Å². The fourth-order valence-corrected chi connectivity index (χ4v) is 5.63. The van der Waals surface area contributed by atoms with Gasteiger partial charge >= 0.3 is 18.5 Å². The maximum absolute atomic E-state index is 13.6. The Hall–Kier alpha value is -3.52. The van der Waals surface area contributed by atoms with Crippen molar-refractivity contribution in [1.82, 2.24) is 20.2 Å². The number of tetrazole rings is 1. The van der Waals surface area contributed by atoms with Crippen molar-refractivity contribution in [2.24, 2.45) is 13.0 Å². The summed E-state index contributed by atoms with van der Waals surface area (Å²) >= 11 is 0. The number of hydrogen-bond acceptors (Lipinski definition) is 5. The van der Waals surface area contributed by atoms with E-state index in [0.29, 0.717) is 42.4 Å². The maximum atomic E-state index is 13.6. The lowest BCUT2D eigenvalue weighted by molar-refractivity contribution is -0.143. The molecule has 2 aromatic carbocycles. The summed E-state index contributed by atoms with van der Waals surface area (Å²) in [6.45, 7) is 2.41. The van der Waals surface area contributed by atoms with E-state index in [-0.39, 0.29) is 29.7 Å². The molecule has 6 nitrogen and oxygen atoms in total. The third kappa shape index (κ3) is 9.00. The van der Waals surface area contributed by atoms with Crippen LogP contribution in [-0.2, 0) is 38.9 Å². The Morgan fingerprint density at radius 1 is 0.795 bits per heavy atom. The molecule has 4 rings (SSSR count). The molecule has 0 spiro atoms. The van der Waals surface area contributed by atoms with Crippen molar-refractivity contribution in [2.75, 3.05) is 22.9 Å². The number of hydrogen-bond donors (Lipinski definition) is 0. The van der Waals surface area contributed by atoms with E-state index in [9.17, 15) is 39.5 Å². The predicted octanol–water partition coefficient (Wildman–Crippen LogP) is 7.97. The fraction of sp³-hybridized carbons (Fsp3) is 0.552. The summed E-state index contributed by atoms with van der Waals surface area (Å²) in [4.78, 5) is 4.43. The Morgan fingerprint density at radius 2 is 1.43 bits per heavy atom. The third-order valence-corrected chi connectivity index (χ3v) is 7.64. The summed E-state index contributed by atoms with van der Waals surface area (Å²) in [6.07, 6.45) is -10.5. The van der Waals surface area contributed by atoms with Gasteiger partial charge in [-0.15, -0.1) is 5.10 Å². The van der Waals surface area contributed by atoms with E-state index in [1.165, 1.54) is 24.1 Å². The first-order valence-corrected chi connectivity index (χ1v) is 14.2. The van der Waals surface area contributed by atoms with Crippen LogP contribution in [0.15, 0.2) is 36.4 Å². The van der Waals surface area contributed by atoms with Crippen LogP contribution in [0, 0.1) is 5.92 Å². The minimum atomic E-state index is -5.05. The molecule has 1 aromatic heterocycles. The number of rotatable bonds is 10. The topological polar surface area (TPSA) is 50.1 Å². The molecule has 0 unspecified atom stereocenters. The smallest absolute Gasteiger partial charge is 0.371 e. The zero-order valence-corrected chi connectivity index (χ0v) is 24.2. The minimum absolute atomic E-state index is 0.0320. The van der Waals surface area contributed by atoms with E-state index in [0.717, 1.165) is 36.9 Å². The second kappa shape index (κ2) is 13.2. The van der Waals surface area contributed by atoms with Crippen molar-refractivity contribution in [2.45, 2.75) is 77.1 Å². The summed E-state index contributed by atoms with van der Waals surface area (Å²) in [5.41, 5.74) is -2.30. The number of aromatic nitrogens is 4. The average Bonchev–Trinajstić information content (AvgIpc) is 3.36. The van der Waals surface area contributed by atoms with Gasteiger partial charge in [-0.2, -0.15) is 44.3 Å². The lowest BCUT2D eigenvalue weighted by atomic mass is 9.88. The monoisotopic (exact) mass is 636 g/mol. The van der Waals surface area contributed by atoms with E-state index in [2.05, 4.69) is 20.3 Å². The van der Waals surface area contributed by atoms with Crippen molar-refractivity contribution in [3.63, 3.8) is 0 Å². The van der Waals surface area contributed by atoms with Gasteiger partial charge < -0.3 is 9.80 Å². The van der Waals surface area contributed by atoms with Gasteiger partial charge in [-0.1, -0.05) is 36.5 Å². The van der Waals surface area contributed by atoms with E-state index >= 15 is 0 Å². The second-order valence-corrected chi connectivity index (χ2v) is 11.1. The molecule has 1 heterocycles. The molecule has 1 aliphatic carbocycles. The van der Waals surface area contributed by atoms with E-state index in [4.69, 9.17) is 0 Å². The van der Waals surface area contributed by atoms with Gasteiger partial charge in [0.2, 0.25) is 0 Å². The zero-order chi connectivity index (χ0) is 32.3. The second-order valence-electron chi connectivity index (χ2n) is 11.1. The molecule has 1 fully saturated rings. The third-order valence-electron chi connectivity index (χ3n) is 7.64. The Labute approximate surface area is 248 Å². The summed E-state index contributed by atoms with van der Waals surface area (Å²) in [5, 5.41) is 11.8. The highest BCUT2D eigenvalue weighted by Crippen LogP contribution is 2.37. The predicted molar refractivity (Wildman–Crippen MR) is 146 cm³/mol. The highest BCUT2D eigenvalue weighted by atomic mass is 19.4. The van der Waals surface area contributed by atoms with Crippen LogP contribution < -0.4 is 9.80 Å². The molecule has 242 valence electrons. The Kier molecular flexibility index (Phi) is 10.0. The molecule has 1 saturated carbocycles. The number of anilines is 2. The highest BCUT2D eigenvalue weighted by molar-refractivity contribution is 5.57. The first kappa shape index (κ1) is 33.4. The molecular formula is C29H33F9N6. The standard InChI is InChI=1S/C29H33F9N6/c1-3-43(16-19-7-5-4-6-8-19)25-10-9-20(15-27(30,31)32)11-22(25)18-44(26-39-41-42(2)40-26)17-21-12-23(28(33,34)35)14-24(13-21)29(36,37)38/h9-14,19H,3-8,15-18H2,1-2H3. The Morgan fingerprint density at radius 3 is 1.95 bits per heavy atom. The van der Waals surface area contributed by atoms with Crippen LogP contribution in [0.3, 0.4) is 0 Å². The van der Waals surface area contributed by atoms with Crippen molar-refractivity contribution in [3.8, 4) is 0 Å². The molecule has 0 saturated heterocycles. The summed E-state index contributed by atoms with van der Waals surface area (Å²) in [5.74, 6) is 0.274. The first-order chi connectivity index (χ1) is 20.5. The maximum Gasteiger partial charge on any atom is 0.416 e. The van der Waals surface area contributed by atoms with Gasteiger partial charge in [-0.25, -0.2) is 0 Å². The average molecular weight is 637 g/mol. The molecule has 44 heavy (non-hydrogen) atoms. The molecule has 3 aromatic rings. The van der Waals surface area contributed by atoms with Crippen LogP contribution in [0.4, 0.5) is 51.1 Å². The molecule has 1 aliphatic rings. The van der Waals surface area contributed by atoms with Crippen LogP contribution in [0.2, 0.25) is 0 Å². The van der Waals surface area contributed by atoms with Gasteiger partial charge in [0.25, 0.3) is 5.95 Å². The summed E-state index contributed by atoms with van der Waals surface area (Å²) in [6, 6.07) is 5.63. The first-order valence-electron chi connectivity index (χ1n) is 14.2. The van der Waals surface area contributed by atoms with E-state index in [1.54, 1.807) is 6.07 Å². The number of benzene rings is 2. The normalized spacial score (nSPS) is 15.1. The van der Waals surface area contributed by atoms with E-state index in [1.807, 2.05) is 6.92 Å². The van der Waals surface area contributed by atoms with Crippen molar-refractivity contribution in [3.05, 3.63) is 64.2 Å². The van der Waals surface area contributed by atoms with Crippen LogP contribution in [0.25, 0.3) is 0 Å². The van der Waals surface area contributed by atoms with Crippen molar-refractivity contribution in [1.29, 1.82) is 0 Å². The van der Waals surface area contributed by atoms with Crippen molar-refractivity contribution < 1.29 is 39.5 Å². The van der Waals surface area contributed by atoms with Crippen LogP contribution in [0.5, 0.6) is 0 Å². The van der Waals surface area contributed by atoms with E-state index < -0.39 is 42.6 Å². The molecule has 0 aliphatic heterocycles. The number of halogens is 9. The number of nitrogens with zero attached hydrogens (tertiary/aromatic N) is 6. The molecular weight excluding hydrogens is 603 g/mol. The molecule has 0 amide bonds. The van der Waals surface area contributed by atoms with Gasteiger partial charge in [-0.3, -0.25) is 0 Å². The molecule has 0 atom stereocenters. The zero-order valence-electron chi connectivity index (χ0n) is 24.2. The van der Waals surface area contributed by atoms with Crippen molar-refractivity contribution >= 4 is 11.6 Å². The SMILES string of the molecule is CCN(CC1CCCCC1)c1ccc(CC(F)(F)F)cc1CN(Cc1cc(C(F)(F)F)cc(C(F)(F)F)c1)c1nnn(C)n1. The summed E-state index contributed by atoms with van der Waals surface area (Å²) in [7, 11) is 1.43. The molecule has 0 N–H and O–H groups in total. The van der Waals surface area contributed by atoms with Crippen LogP contribution >= 0.6 is 0 Å². The molecule has 0 radical (unpaired) electrons. The molecule has 0 bridgehead atoms. The Balaban J connectivity index is 1.77. The summed E-state index contributed by atoms with van der Waals surface area (Å²) < 4.78 is 122. The minimum Gasteiger partial charge on any atom is -0.371 e. The van der Waals surface area contributed by atoms with Crippen LogP contribution in [-0.4, -0.2) is 39.5 Å². The molecule has 15 heteroatoms. The van der Waals surface area contributed by atoms with Crippen LogP contribution in [0.1, 0.15) is 66.8 Å². The number of alkyl halides is 9. The number of aryl methyl sites for hydroxylation is 1. The van der Waals surface area contributed by atoms with Gasteiger partial charge in [0, 0.05) is 31.9 Å². The quantitative estimate of drug-likeness (QED) is 0.212. The van der Waals surface area contributed by atoms with Gasteiger partial charge in [-0.05, 0) is 71.9 Å². The van der Waals surface area contributed by atoms with Gasteiger partial charge in [0.05, 0.1) is 24.6 Å². The Bertz CT molecular complexity index is 1360. The lowest BCUT2D eigenvalue weighted by Gasteiger charge is -2.33. The lowest BCUT2D eigenvalue weighted by Crippen LogP contribution is -2.32. The largest absolute Gasteiger partial charge is 0.416 e.